The third kappa shape index (κ3) is 5.42. The summed E-state index contributed by atoms with van der Waals surface area (Å²) in [6.45, 7) is 4.75. The SMILES string of the molecule is Cc1cccc(C(=O)N[C@@H](C)C(=O)O[C@H](C)C(=O)Nc2ccccc2C#N)c1. The van der Waals surface area contributed by atoms with Crippen molar-refractivity contribution in [1.82, 2.24) is 5.32 Å². The van der Waals surface area contributed by atoms with E-state index < -0.39 is 29.9 Å². The average molecular weight is 379 g/mol. The Labute approximate surface area is 163 Å². The van der Waals surface area contributed by atoms with E-state index in [-0.39, 0.29) is 0 Å². The van der Waals surface area contributed by atoms with E-state index in [1.807, 2.05) is 19.1 Å². The molecule has 7 heteroatoms. The van der Waals surface area contributed by atoms with Gasteiger partial charge in [-0.2, -0.15) is 5.26 Å². The summed E-state index contributed by atoms with van der Waals surface area (Å²) in [6, 6.07) is 14.5. The molecule has 0 aliphatic carbocycles. The highest BCUT2D eigenvalue weighted by molar-refractivity contribution is 5.98. The molecule has 2 rings (SSSR count). The third-order valence-corrected chi connectivity index (χ3v) is 3.95. The molecule has 0 aliphatic heterocycles. The molecule has 0 heterocycles. The standard InChI is InChI=1S/C21H21N3O4/c1-13-7-6-9-16(11-13)20(26)23-14(2)21(27)28-15(3)19(25)24-18-10-5-4-8-17(18)12-22/h4-11,14-15H,1-3H3,(H,23,26)(H,24,25)/t14-,15+/m0/s1. The smallest absolute Gasteiger partial charge is 0.329 e. The summed E-state index contributed by atoms with van der Waals surface area (Å²) >= 11 is 0. The van der Waals surface area contributed by atoms with Gasteiger partial charge in [-0.15, -0.1) is 0 Å². The Morgan fingerprint density at radius 2 is 1.79 bits per heavy atom. The van der Waals surface area contributed by atoms with Gasteiger partial charge in [-0.05, 0) is 45.0 Å². The van der Waals surface area contributed by atoms with Gasteiger partial charge in [0.25, 0.3) is 11.8 Å². The van der Waals surface area contributed by atoms with Gasteiger partial charge in [-0.3, -0.25) is 9.59 Å². The summed E-state index contributed by atoms with van der Waals surface area (Å²) in [5.74, 6) is -1.72. The molecule has 0 radical (unpaired) electrons. The van der Waals surface area contributed by atoms with Crippen molar-refractivity contribution in [3.05, 3.63) is 65.2 Å². The number of nitriles is 1. The van der Waals surface area contributed by atoms with Crippen LogP contribution in [0.3, 0.4) is 0 Å². The molecule has 28 heavy (non-hydrogen) atoms. The van der Waals surface area contributed by atoms with Gasteiger partial charge in [-0.25, -0.2) is 4.79 Å². The van der Waals surface area contributed by atoms with Crippen LogP contribution in [0, 0.1) is 18.3 Å². The Hall–Kier alpha value is -3.66. The zero-order valence-electron chi connectivity index (χ0n) is 15.9. The van der Waals surface area contributed by atoms with Crippen LogP contribution in [0.15, 0.2) is 48.5 Å². The van der Waals surface area contributed by atoms with E-state index in [1.165, 1.54) is 13.8 Å². The molecule has 2 atom stereocenters. The molecule has 0 saturated carbocycles. The molecule has 2 N–H and O–H groups in total. The van der Waals surface area contributed by atoms with Crippen LogP contribution in [-0.4, -0.2) is 29.9 Å². The highest BCUT2D eigenvalue weighted by Crippen LogP contribution is 2.14. The second kappa shape index (κ2) is 9.33. The van der Waals surface area contributed by atoms with Crippen molar-refractivity contribution in [3.63, 3.8) is 0 Å². The molecule has 7 nitrogen and oxygen atoms in total. The average Bonchev–Trinajstić information content (AvgIpc) is 2.68. The quantitative estimate of drug-likeness (QED) is 0.750. The van der Waals surface area contributed by atoms with Gasteiger partial charge in [0.05, 0.1) is 11.3 Å². The number of anilines is 1. The van der Waals surface area contributed by atoms with E-state index in [0.717, 1.165) is 5.56 Å². The number of ether oxygens (including phenoxy) is 1. The fraction of sp³-hybridized carbons (Fsp3) is 0.238. The van der Waals surface area contributed by atoms with Gasteiger partial charge < -0.3 is 15.4 Å². The minimum absolute atomic E-state index is 0.299. The third-order valence-electron chi connectivity index (χ3n) is 3.95. The van der Waals surface area contributed by atoms with Crippen LogP contribution in [0.2, 0.25) is 0 Å². The van der Waals surface area contributed by atoms with Crippen LogP contribution in [0.25, 0.3) is 0 Å². The lowest BCUT2D eigenvalue weighted by Gasteiger charge is -2.18. The molecule has 0 saturated heterocycles. The Bertz CT molecular complexity index is 933. The van der Waals surface area contributed by atoms with Gasteiger partial charge >= 0.3 is 5.97 Å². The fourth-order valence-electron chi connectivity index (χ4n) is 2.38. The van der Waals surface area contributed by atoms with Crippen molar-refractivity contribution in [1.29, 1.82) is 5.26 Å². The number of carbonyl (C=O) groups is 3. The molecule has 0 bridgehead atoms. The van der Waals surface area contributed by atoms with E-state index in [4.69, 9.17) is 10.00 Å². The van der Waals surface area contributed by atoms with Crippen LogP contribution in [0.1, 0.15) is 35.3 Å². The molecular weight excluding hydrogens is 358 g/mol. The fourth-order valence-corrected chi connectivity index (χ4v) is 2.38. The Morgan fingerprint density at radius 1 is 1.07 bits per heavy atom. The van der Waals surface area contributed by atoms with E-state index >= 15 is 0 Å². The van der Waals surface area contributed by atoms with E-state index in [0.29, 0.717) is 16.8 Å². The van der Waals surface area contributed by atoms with E-state index in [1.54, 1.807) is 42.5 Å². The normalized spacial score (nSPS) is 12.2. The van der Waals surface area contributed by atoms with Crippen LogP contribution in [-0.2, 0) is 14.3 Å². The second-order valence-electron chi connectivity index (χ2n) is 6.29. The molecular formula is C21H21N3O4. The zero-order valence-corrected chi connectivity index (χ0v) is 15.9. The zero-order chi connectivity index (χ0) is 20.7. The highest BCUT2D eigenvalue weighted by atomic mass is 16.5. The van der Waals surface area contributed by atoms with Crippen molar-refractivity contribution in [2.24, 2.45) is 0 Å². The summed E-state index contributed by atoms with van der Waals surface area (Å²) in [4.78, 5) is 36.6. The first-order valence-electron chi connectivity index (χ1n) is 8.70. The highest BCUT2D eigenvalue weighted by Gasteiger charge is 2.24. The summed E-state index contributed by atoms with van der Waals surface area (Å²) in [5.41, 5.74) is 1.98. The maximum atomic E-state index is 12.2. The van der Waals surface area contributed by atoms with Crippen LogP contribution >= 0.6 is 0 Å². The lowest BCUT2D eigenvalue weighted by atomic mass is 10.1. The van der Waals surface area contributed by atoms with Crippen molar-refractivity contribution >= 4 is 23.5 Å². The number of esters is 1. The molecule has 0 aliphatic rings. The minimum atomic E-state index is -1.10. The number of amides is 2. The summed E-state index contributed by atoms with van der Waals surface area (Å²) in [7, 11) is 0. The van der Waals surface area contributed by atoms with Gasteiger partial charge in [0, 0.05) is 5.56 Å². The Balaban J connectivity index is 1.92. The topological polar surface area (TPSA) is 108 Å². The first kappa shape index (κ1) is 20.6. The number of aryl methyl sites for hydroxylation is 1. The van der Waals surface area contributed by atoms with Crippen LogP contribution in [0.5, 0.6) is 0 Å². The molecule has 0 fully saturated rings. The number of carbonyl (C=O) groups excluding carboxylic acids is 3. The number of hydrogen-bond acceptors (Lipinski definition) is 5. The lowest BCUT2D eigenvalue weighted by molar-refractivity contribution is -0.154. The van der Waals surface area contributed by atoms with Crippen LogP contribution < -0.4 is 10.6 Å². The predicted octanol–water partition coefficient (Wildman–Crippen LogP) is 2.56. The Morgan fingerprint density at radius 3 is 2.46 bits per heavy atom. The maximum Gasteiger partial charge on any atom is 0.329 e. The van der Waals surface area contributed by atoms with Crippen molar-refractivity contribution < 1.29 is 19.1 Å². The van der Waals surface area contributed by atoms with Gasteiger partial charge in [-0.1, -0.05) is 29.8 Å². The van der Waals surface area contributed by atoms with Crippen molar-refractivity contribution in [2.45, 2.75) is 32.9 Å². The van der Waals surface area contributed by atoms with Crippen LogP contribution in [0.4, 0.5) is 5.69 Å². The maximum absolute atomic E-state index is 12.2. The van der Waals surface area contributed by atoms with Crippen molar-refractivity contribution in [2.75, 3.05) is 5.32 Å². The number of rotatable bonds is 6. The molecule has 144 valence electrons. The Kier molecular flexibility index (Phi) is 6.88. The second-order valence-corrected chi connectivity index (χ2v) is 6.29. The molecule has 2 aromatic carbocycles. The minimum Gasteiger partial charge on any atom is -0.451 e. The summed E-state index contributed by atoms with van der Waals surface area (Å²) in [6.07, 6.45) is -1.10. The number of nitrogens with one attached hydrogen (secondary N) is 2. The molecule has 2 amide bonds. The largest absolute Gasteiger partial charge is 0.451 e. The van der Waals surface area contributed by atoms with Gasteiger partial charge in [0.1, 0.15) is 12.1 Å². The predicted molar refractivity (Wildman–Crippen MR) is 103 cm³/mol. The molecule has 2 aromatic rings. The number of nitrogens with zero attached hydrogens (tertiary/aromatic N) is 1. The van der Waals surface area contributed by atoms with E-state index in [2.05, 4.69) is 10.6 Å². The molecule has 0 unspecified atom stereocenters. The van der Waals surface area contributed by atoms with Crippen molar-refractivity contribution in [3.8, 4) is 6.07 Å². The van der Waals surface area contributed by atoms with E-state index in [9.17, 15) is 14.4 Å². The van der Waals surface area contributed by atoms with Gasteiger partial charge in [0.2, 0.25) is 0 Å². The lowest BCUT2D eigenvalue weighted by Crippen LogP contribution is -2.42. The monoisotopic (exact) mass is 379 g/mol. The van der Waals surface area contributed by atoms with Gasteiger partial charge in [0.15, 0.2) is 6.10 Å². The molecule has 0 aromatic heterocycles. The number of para-hydroxylation sites is 1. The number of benzene rings is 2. The summed E-state index contributed by atoms with van der Waals surface area (Å²) in [5, 5.41) is 14.2. The first-order valence-corrected chi connectivity index (χ1v) is 8.70. The summed E-state index contributed by atoms with van der Waals surface area (Å²) < 4.78 is 5.13. The number of hydrogen-bond donors (Lipinski definition) is 2. The first-order chi connectivity index (χ1) is 13.3. The molecule has 0 spiro atoms.